The molecule has 2 fully saturated rings. The number of ketones is 1. The fourth-order valence-electron chi connectivity index (χ4n) is 3.81. The van der Waals surface area contributed by atoms with E-state index in [0.29, 0.717) is 41.9 Å². The van der Waals surface area contributed by atoms with Crippen molar-refractivity contribution in [2.45, 2.75) is 65.1 Å². The van der Waals surface area contributed by atoms with E-state index in [1.807, 2.05) is 26.8 Å². The van der Waals surface area contributed by atoms with Crippen molar-refractivity contribution >= 4 is 21.7 Å². The minimum atomic E-state index is -0.669. The lowest BCUT2D eigenvalue weighted by Crippen LogP contribution is -2.30. The van der Waals surface area contributed by atoms with Crippen LogP contribution in [0.5, 0.6) is 0 Å². The van der Waals surface area contributed by atoms with E-state index >= 15 is 0 Å². The van der Waals surface area contributed by atoms with Crippen LogP contribution in [0.1, 0.15) is 52.9 Å². The van der Waals surface area contributed by atoms with E-state index < -0.39 is 12.2 Å². The number of halogens is 1. The second-order valence-electron chi connectivity index (χ2n) is 7.58. The fourth-order valence-corrected chi connectivity index (χ4v) is 4.74. The van der Waals surface area contributed by atoms with Gasteiger partial charge < -0.3 is 10.2 Å². The predicted molar refractivity (Wildman–Crippen MR) is 94.8 cm³/mol. The van der Waals surface area contributed by atoms with Crippen molar-refractivity contribution in [2.75, 3.05) is 0 Å². The topological polar surface area (TPSA) is 57.5 Å². The Balaban J connectivity index is 2.10. The number of hydrogen-bond donors (Lipinski definition) is 2. The summed E-state index contributed by atoms with van der Waals surface area (Å²) in [6.07, 6.45) is 4.14. The largest absolute Gasteiger partial charge is 0.392 e. The maximum atomic E-state index is 11.7. The molecule has 0 bridgehead atoms. The van der Waals surface area contributed by atoms with Crippen molar-refractivity contribution in [1.82, 2.24) is 0 Å². The third-order valence-electron chi connectivity index (χ3n) is 5.24. The number of Topliss-reactive ketones (excluding diaryl/α,β-unsaturated/α-hetero) is 1. The summed E-state index contributed by atoms with van der Waals surface area (Å²) >= 11 is 3.50. The Bertz CT molecular complexity index is 541. The summed E-state index contributed by atoms with van der Waals surface area (Å²) < 4.78 is 0.699. The zero-order valence-electron chi connectivity index (χ0n) is 14.2. The van der Waals surface area contributed by atoms with E-state index in [1.54, 1.807) is 0 Å². The molecular formula is C19H27BrO3. The molecular weight excluding hydrogens is 356 g/mol. The molecule has 5 atom stereocenters. The molecule has 128 valence electrons. The molecule has 3 nitrogen and oxygen atoms in total. The zero-order chi connectivity index (χ0) is 17.2. The number of aliphatic hydroxyl groups excluding tert-OH is 2. The van der Waals surface area contributed by atoms with Gasteiger partial charge in [0.05, 0.1) is 12.2 Å². The van der Waals surface area contributed by atoms with Gasteiger partial charge in [-0.3, -0.25) is 4.79 Å². The molecule has 0 heterocycles. The van der Waals surface area contributed by atoms with Gasteiger partial charge in [-0.05, 0) is 18.3 Å². The van der Waals surface area contributed by atoms with Gasteiger partial charge in [0, 0.05) is 41.5 Å². The minimum Gasteiger partial charge on any atom is -0.392 e. The molecule has 0 aromatic heterocycles. The molecule has 2 rings (SSSR count). The van der Waals surface area contributed by atoms with E-state index in [0.717, 1.165) is 6.42 Å². The van der Waals surface area contributed by atoms with Crippen LogP contribution in [0, 0.1) is 35.0 Å². The number of hydrogen-bond acceptors (Lipinski definition) is 3. The van der Waals surface area contributed by atoms with Gasteiger partial charge in [0.25, 0.3) is 0 Å². The minimum absolute atomic E-state index is 0.0481. The second kappa shape index (κ2) is 7.51. The van der Waals surface area contributed by atoms with Crippen LogP contribution in [0.3, 0.4) is 0 Å². The number of carbonyl (C=O) groups is 1. The van der Waals surface area contributed by atoms with E-state index in [-0.39, 0.29) is 17.3 Å². The van der Waals surface area contributed by atoms with Crippen molar-refractivity contribution in [1.29, 1.82) is 0 Å². The van der Waals surface area contributed by atoms with Crippen LogP contribution in [0.15, 0.2) is 10.6 Å². The lowest BCUT2D eigenvalue weighted by atomic mass is 9.82. The summed E-state index contributed by atoms with van der Waals surface area (Å²) in [5, 5.41) is 21.0. The molecule has 0 radical (unpaired) electrons. The molecule has 4 heteroatoms. The maximum Gasteiger partial charge on any atom is 0.133 e. The third-order valence-corrected chi connectivity index (χ3v) is 5.94. The molecule has 0 spiro atoms. The van der Waals surface area contributed by atoms with E-state index in [2.05, 4.69) is 27.8 Å². The normalized spacial score (nSPS) is 32.4. The molecule has 0 unspecified atom stereocenters. The maximum absolute atomic E-state index is 11.7. The Hall–Kier alpha value is -0.630. The quantitative estimate of drug-likeness (QED) is 0.732. The number of rotatable bonds is 4. The molecule has 2 N–H and O–H groups in total. The van der Waals surface area contributed by atoms with Crippen LogP contribution in [0.25, 0.3) is 0 Å². The molecule has 0 amide bonds. The first-order chi connectivity index (χ1) is 10.8. The standard InChI is InChI=1S/C19H27BrO3/c1-4-5-6-7-19(2,3)18(23)16(20)11-15-14-10-13(21)8-12(14)9-17(15)22/h11-12,14-15,17-18,22-23H,4,7-10H2,1-3H3/t12-,14-,15-,17+,18+/m0/s1. The highest BCUT2D eigenvalue weighted by Crippen LogP contribution is 2.48. The smallest absolute Gasteiger partial charge is 0.133 e. The average Bonchev–Trinajstić information content (AvgIpc) is 2.95. The summed E-state index contributed by atoms with van der Waals surface area (Å²) in [5.41, 5.74) is -0.369. The van der Waals surface area contributed by atoms with Crippen LogP contribution >= 0.6 is 15.9 Å². The summed E-state index contributed by atoms with van der Waals surface area (Å²) in [5.74, 6) is 6.93. The molecule has 23 heavy (non-hydrogen) atoms. The summed E-state index contributed by atoms with van der Waals surface area (Å²) in [4.78, 5) is 11.7. The van der Waals surface area contributed by atoms with E-state index in [1.165, 1.54) is 0 Å². The Morgan fingerprint density at radius 3 is 2.78 bits per heavy atom. The van der Waals surface area contributed by atoms with Crippen molar-refractivity contribution < 1.29 is 15.0 Å². The Kier molecular flexibility index (Phi) is 6.10. The molecule has 0 aliphatic heterocycles. The first-order valence-electron chi connectivity index (χ1n) is 8.47. The Morgan fingerprint density at radius 1 is 1.43 bits per heavy atom. The summed E-state index contributed by atoms with van der Waals surface area (Å²) in [6, 6.07) is 0. The van der Waals surface area contributed by atoms with Gasteiger partial charge in [0.2, 0.25) is 0 Å². The summed E-state index contributed by atoms with van der Waals surface area (Å²) in [7, 11) is 0. The van der Waals surface area contributed by atoms with Crippen molar-refractivity contribution in [3.63, 3.8) is 0 Å². The first kappa shape index (κ1) is 18.7. The predicted octanol–water partition coefficient (Wildman–Crippen LogP) is 3.43. The van der Waals surface area contributed by atoms with Crippen LogP contribution in [0.2, 0.25) is 0 Å². The highest BCUT2D eigenvalue weighted by Gasteiger charge is 2.47. The van der Waals surface area contributed by atoms with E-state index in [4.69, 9.17) is 0 Å². The molecule has 0 aromatic rings. The van der Waals surface area contributed by atoms with Crippen LogP contribution < -0.4 is 0 Å². The third kappa shape index (κ3) is 4.26. The molecule has 2 aliphatic rings. The van der Waals surface area contributed by atoms with Crippen LogP contribution in [0.4, 0.5) is 0 Å². The number of fused-ring (bicyclic) bond motifs is 1. The SMILES string of the molecule is CCC#CCC(C)(C)[C@H](O)C(Br)=C[C@H]1[C@H]2CC(=O)C[C@H]2C[C@H]1O. The van der Waals surface area contributed by atoms with Crippen LogP contribution in [-0.4, -0.2) is 28.2 Å². The average molecular weight is 383 g/mol. The first-order valence-corrected chi connectivity index (χ1v) is 9.26. The van der Waals surface area contributed by atoms with Gasteiger partial charge in [0.15, 0.2) is 0 Å². The van der Waals surface area contributed by atoms with Gasteiger partial charge in [-0.2, -0.15) is 0 Å². The van der Waals surface area contributed by atoms with Crippen molar-refractivity contribution in [3.8, 4) is 11.8 Å². The Morgan fingerprint density at radius 2 is 2.13 bits per heavy atom. The van der Waals surface area contributed by atoms with Crippen LogP contribution in [-0.2, 0) is 4.79 Å². The summed E-state index contributed by atoms with van der Waals surface area (Å²) in [6.45, 7) is 5.99. The monoisotopic (exact) mass is 382 g/mol. The van der Waals surface area contributed by atoms with Crippen molar-refractivity contribution in [3.05, 3.63) is 10.6 Å². The fraction of sp³-hybridized carbons (Fsp3) is 0.737. The van der Waals surface area contributed by atoms with E-state index in [9.17, 15) is 15.0 Å². The number of aliphatic hydroxyl groups is 2. The van der Waals surface area contributed by atoms with Gasteiger partial charge in [-0.25, -0.2) is 0 Å². The lowest BCUT2D eigenvalue weighted by molar-refractivity contribution is -0.118. The molecule has 2 saturated carbocycles. The lowest BCUT2D eigenvalue weighted by Gasteiger charge is -2.29. The molecule has 0 saturated heterocycles. The Labute approximate surface area is 147 Å². The van der Waals surface area contributed by atoms with Gasteiger partial charge >= 0.3 is 0 Å². The van der Waals surface area contributed by atoms with Gasteiger partial charge in [-0.15, -0.1) is 11.8 Å². The number of carbonyl (C=O) groups excluding carboxylic acids is 1. The zero-order valence-corrected chi connectivity index (χ0v) is 15.8. The second-order valence-corrected chi connectivity index (χ2v) is 8.49. The van der Waals surface area contributed by atoms with Crippen molar-refractivity contribution in [2.24, 2.45) is 23.2 Å². The van der Waals surface area contributed by atoms with Gasteiger partial charge in [0.1, 0.15) is 5.78 Å². The molecule has 2 aliphatic carbocycles. The highest BCUT2D eigenvalue weighted by molar-refractivity contribution is 9.11. The van der Waals surface area contributed by atoms with Gasteiger partial charge in [-0.1, -0.05) is 42.8 Å². The molecule has 0 aromatic carbocycles. The highest BCUT2D eigenvalue weighted by atomic mass is 79.9.